The molecule has 36 heteroatoms. The van der Waals surface area contributed by atoms with E-state index in [9.17, 15) is 43.8 Å². The topological polar surface area (TPSA) is 458 Å². The third-order valence-electron chi connectivity index (χ3n) is 25.9. The van der Waals surface area contributed by atoms with Crippen molar-refractivity contribution in [1.29, 1.82) is 0 Å². The first-order valence-corrected chi connectivity index (χ1v) is 47.3. The van der Waals surface area contributed by atoms with E-state index in [0.717, 1.165) is 82.9 Å². The first kappa shape index (κ1) is 105. The predicted octanol–water partition coefficient (Wildman–Crippen LogP) is 8.40. The highest BCUT2D eigenvalue weighted by atomic mass is 16.6. The van der Waals surface area contributed by atoms with Crippen molar-refractivity contribution in [1.82, 2.24) is 55.1 Å². The number of nitrogens with zero attached hydrogens (tertiary/aromatic N) is 8. The maximum absolute atomic E-state index is 14.7. The number of piperidine rings is 1. The number of aryl methyl sites for hydroxylation is 1. The number of H-pyrrole nitrogens is 1. The number of esters is 1. The van der Waals surface area contributed by atoms with Gasteiger partial charge in [-0.2, -0.15) is 5.10 Å². The number of nitrogens with one attached hydrogen (secondary N) is 3. The first-order valence-electron chi connectivity index (χ1n) is 47.3. The molecule has 10 rings (SSSR count). The number of ether oxygens (including phenoxy) is 14. The molecule has 3 aliphatic heterocycles. The van der Waals surface area contributed by atoms with Crippen molar-refractivity contribution in [2.75, 3.05) is 153 Å². The molecule has 0 unspecified atom stereocenters. The molecule has 15 atom stereocenters. The number of aliphatic hydroxyl groups is 2. The molecule has 0 radical (unpaired) electrons. The Morgan fingerprint density at radius 1 is 0.735 bits per heavy atom. The number of hydrogen-bond donors (Lipinski definition) is 7. The molecule has 3 amide bonds. The number of anilines is 1. The number of hydrogen-bond acceptors (Lipinski definition) is 30. The van der Waals surface area contributed by atoms with E-state index in [1.54, 1.807) is 64.3 Å². The van der Waals surface area contributed by atoms with E-state index >= 15 is 0 Å². The van der Waals surface area contributed by atoms with Crippen LogP contribution in [0.3, 0.4) is 0 Å². The van der Waals surface area contributed by atoms with Gasteiger partial charge in [0, 0.05) is 114 Å². The fourth-order valence-electron chi connectivity index (χ4n) is 18.1. The standard InChI is InChI=1S/C96H145N13O23/c1-62-19-12-11-13-20-63(2)80(120-8)58-73-31-25-67(6)96(118,132-73)90(114)94(116)108-36-16-14-23-76(108)95(117)131-81(59-77(110)64(3)54-66(5)88(113)89(122-10)87(112)65(4)53-62)74(97)55-68-26-32-78(82(56-68)121-9)130-38-17-15-22-72-60-107(106-105-72)37-42-126-46-50-129-52-51-127-47-43-123-39-33-83(111)99-34-40-124-44-48-128-49-45-125-41-35-100-93(115)70-29-27-69(28-30-70)92-104-85(86-91(98)101-61-102-109(86)92)75-57-71-21-18-24-79(119-7)84(71)103-75/h11-13,18-21,24,54,57,60-62,64-65,67-70,73-74,76,78,80-82,88-89,103,113,118H,14-17,22-23,25-53,55-56,58-59,97H2,1-10H3,(H,99,111)(H,100,115)(H2,98,101,102)/b13-11+,19-12+,63-20+,66-54+/t62-,64-,65-,67-,68+,69-,70-,73+,74-,76+,78-,80+,81+,82-,88-,89+,96-/m1/s1. The molecule has 0 spiro atoms. The molecular formula is C96H145N13O23. The number of ketones is 3. The molecular weight excluding hydrogens is 1700 g/mol. The van der Waals surface area contributed by atoms with Gasteiger partial charge in [-0.1, -0.05) is 81.5 Å². The molecule has 5 aromatic rings. The average molecular weight is 1850 g/mol. The predicted molar refractivity (Wildman–Crippen MR) is 491 cm³/mol. The summed E-state index contributed by atoms with van der Waals surface area (Å²) in [7, 11) is 6.23. The van der Waals surface area contributed by atoms with Crippen molar-refractivity contribution in [3.05, 3.63) is 95.9 Å². The van der Waals surface area contributed by atoms with Gasteiger partial charge in [-0.3, -0.25) is 28.8 Å². The lowest BCUT2D eigenvalue weighted by Gasteiger charge is -2.42. The van der Waals surface area contributed by atoms with Gasteiger partial charge in [0.25, 0.3) is 11.7 Å². The normalized spacial score (nSPS) is 27.7. The SMILES string of the molecule is COc1cccc2cc(-c3nc([C@H]4CC[C@H](C(=O)NCCOCCOCCOCCNC(=O)CCOCCOCCOCCOCCn5cc(CCCCO[C@@H]6CC[C@@H](C[C@@H](N)[C@@H]7CC(=O)[C@H](C)/C=C(\C)[C@@H](O)[C@@H](OC)C(=O)[C@H](C)C[C@H](C)/C=C/C=C/C=C(\C)[C@@H](OC)C[C@@H]8CC[C@@H](C)[C@@](O)(O8)C(=O)C(=O)N8CCCC[C@H]8C(=O)O7)C[C@H]6OC)nn5)CC4)n4ncnc(N)c34)[nH]c12. The fourth-order valence-corrected chi connectivity index (χ4v) is 18.1. The Morgan fingerprint density at radius 3 is 2.13 bits per heavy atom. The number of unbranched alkanes of at least 4 members (excludes halogenated alkanes) is 1. The van der Waals surface area contributed by atoms with Crippen molar-refractivity contribution < 1.29 is 110 Å². The molecule has 2 saturated carbocycles. The zero-order valence-electron chi connectivity index (χ0n) is 78.9. The van der Waals surface area contributed by atoms with Gasteiger partial charge in [-0.25, -0.2) is 24.0 Å². The largest absolute Gasteiger partial charge is 0.495 e. The number of carbonyl (C=O) groups excluding carboxylic acids is 7. The highest BCUT2D eigenvalue weighted by Crippen LogP contribution is 2.42. The van der Waals surface area contributed by atoms with Gasteiger partial charge in [0.05, 0.1) is 147 Å². The van der Waals surface area contributed by atoms with Gasteiger partial charge in [0.1, 0.15) is 59.2 Å². The molecule has 9 N–H and O–H groups in total. The number of imidazole rings is 1. The van der Waals surface area contributed by atoms with E-state index in [-0.39, 0.29) is 98.1 Å². The monoisotopic (exact) mass is 1850 g/mol. The van der Waals surface area contributed by atoms with Gasteiger partial charge in [0.15, 0.2) is 11.6 Å². The summed E-state index contributed by atoms with van der Waals surface area (Å²) in [6, 6.07) is 5.77. The number of carbonyl (C=O) groups is 7. The second kappa shape index (κ2) is 54.7. The van der Waals surface area contributed by atoms with Crippen LogP contribution in [0, 0.1) is 35.5 Å². The first-order chi connectivity index (χ1) is 63.8. The summed E-state index contributed by atoms with van der Waals surface area (Å²) in [5.74, 6) is -6.58. The number of cyclic esters (lactones) is 1. The molecule has 2 saturated heterocycles. The van der Waals surface area contributed by atoms with Crippen molar-refractivity contribution in [2.45, 2.75) is 243 Å². The summed E-state index contributed by atoms with van der Waals surface area (Å²) in [5, 5.41) is 43.8. The quantitative estimate of drug-likeness (QED) is 0.00833. The van der Waals surface area contributed by atoms with E-state index < -0.39 is 83.8 Å². The average Bonchev–Trinajstić information content (AvgIpc) is 1.59. The number of aliphatic hydroxyl groups excluding tert-OH is 1. The van der Waals surface area contributed by atoms with Gasteiger partial charge in [-0.05, 0) is 158 Å². The molecule has 2 bridgehead atoms. The summed E-state index contributed by atoms with van der Waals surface area (Å²) in [4.78, 5) is 112. The Bertz CT molecular complexity index is 4560. The summed E-state index contributed by atoms with van der Waals surface area (Å²) in [6.07, 6.45) is 19.4. The number of para-hydroxylation sites is 1. The number of amides is 3. The molecule has 732 valence electrons. The van der Waals surface area contributed by atoms with Crippen molar-refractivity contribution >= 4 is 63.3 Å². The van der Waals surface area contributed by atoms with Gasteiger partial charge < -0.3 is 109 Å². The van der Waals surface area contributed by atoms with E-state index in [2.05, 4.69) is 36.0 Å². The molecule has 4 aromatic heterocycles. The second-order valence-corrected chi connectivity index (χ2v) is 35.6. The Kier molecular flexibility index (Phi) is 43.7. The van der Waals surface area contributed by atoms with E-state index in [0.29, 0.717) is 199 Å². The van der Waals surface area contributed by atoms with Crippen LogP contribution in [0.5, 0.6) is 5.75 Å². The van der Waals surface area contributed by atoms with Crippen molar-refractivity contribution in [3.63, 3.8) is 0 Å². The minimum absolute atomic E-state index is 0.0172. The number of benzene rings is 1. The van der Waals surface area contributed by atoms with Crippen LogP contribution in [0.15, 0.2) is 84.4 Å². The Morgan fingerprint density at radius 2 is 1.43 bits per heavy atom. The lowest BCUT2D eigenvalue weighted by Crippen LogP contribution is -2.61. The number of aromatic amines is 1. The number of methoxy groups -OCH3 is 4. The molecule has 36 nitrogen and oxygen atoms in total. The lowest BCUT2D eigenvalue weighted by molar-refractivity contribution is -0.265. The number of nitrogens with two attached hydrogens (primary N) is 2. The molecule has 7 heterocycles. The second-order valence-electron chi connectivity index (χ2n) is 35.6. The molecule has 5 aliphatic rings. The lowest BCUT2D eigenvalue weighted by atomic mass is 9.80. The molecule has 4 fully saturated rings. The number of nitrogen functional groups attached to an aromatic ring is 1. The van der Waals surface area contributed by atoms with Crippen molar-refractivity contribution in [2.24, 2.45) is 41.2 Å². The van der Waals surface area contributed by atoms with Crippen LogP contribution < -0.4 is 26.8 Å². The van der Waals surface area contributed by atoms with Crippen LogP contribution in [0.2, 0.25) is 0 Å². The summed E-state index contributed by atoms with van der Waals surface area (Å²) < 4.78 is 85.2. The number of aromatic nitrogens is 8. The van der Waals surface area contributed by atoms with Crippen LogP contribution in [-0.2, 0) is 108 Å². The van der Waals surface area contributed by atoms with Crippen LogP contribution in [0.4, 0.5) is 5.82 Å². The third-order valence-corrected chi connectivity index (χ3v) is 25.9. The Labute approximate surface area is 775 Å². The number of allylic oxidation sites excluding steroid dienone is 6. The zero-order chi connectivity index (χ0) is 94.5. The Hall–Kier alpha value is -8.70. The third kappa shape index (κ3) is 31.2. The van der Waals surface area contributed by atoms with E-state index in [4.69, 9.17) is 82.8 Å². The highest BCUT2D eigenvalue weighted by Gasteiger charge is 2.53. The molecule has 2 aliphatic carbocycles. The van der Waals surface area contributed by atoms with Crippen LogP contribution >= 0.6 is 0 Å². The van der Waals surface area contributed by atoms with E-state index in [1.165, 1.54) is 13.4 Å². The van der Waals surface area contributed by atoms with Crippen LogP contribution in [0.25, 0.3) is 27.8 Å². The number of fused-ring (bicyclic) bond motifs is 5. The highest BCUT2D eigenvalue weighted by molar-refractivity contribution is 6.39. The maximum Gasteiger partial charge on any atom is 0.329 e. The summed E-state index contributed by atoms with van der Waals surface area (Å²) in [6.45, 7) is 17.7. The van der Waals surface area contributed by atoms with Crippen LogP contribution in [0.1, 0.15) is 181 Å². The van der Waals surface area contributed by atoms with Gasteiger partial charge in [-0.15, -0.1) is 5.10 Å². The number of rotatable bonds is 43. The van der Waals surface area contributed by atoms with Crippen LogP contribution in [-0.4, -0.2) is 303 Å². The minimum Gasteiger partial charge on any atom is -0.495 e. The minimum atomic E-state index is -2.48. The molecule has 1 aromatic carbocycles. The van der Waals surface area contributed by atoms with Gasteiger partial charge >= 0.3 is 5.97 Å². The zero-order valence-corrected chi connectivity index (χ0v) is 78.9. The fraction of sp³-hybridized carbons (Fsp3) is 0.688. The van der Waals surface area contributed by atoms with E-state index in [1.807, 2.05) is 74.7 Å². The van der Waals surface area contributed by atoms with Crippen molar-refractivity contribution in [3.8, 4) is 17.1 Å². The summed E-state index contributed by atoms with van der Waals surface area (Å²) >= 11 is 0. The number of Topliss-reactive ketones (excluding diaryl/α,β-unsaturated/α-hetero) is 3. The maximum atomic E-state index is 14.7. The smallest absolute Gasteiger partial charge is 0.329 e. The summed E-state index contributed by atoms with van der Waals surface area (Å²) in [5.41, 5.74) is 18.5. The van der Waals surface area contributed by atoms with Gasteiger partial charge in [0.2, 0.25) is 17.6 Å². The molecule has 132 heavy (non-hydrogen) atoms. The Balaban J connectivity index is 0.539.